The number of hydrogen-bond donors (Lipinski definition) is 1. The Balaban J connectivity index is 1.95. The fourth-order valence-electron chi connectivity index (χ4n) is 2.98. The maximum atomic E-state index is 4.62. The van der Waals surface area contributed by atoms with Crippen molar-refractivity contribution in [2.24, 2.45) is 0 Å². The summed E-state index contributed by atoms with van der Waals surface area (Å²) in [6.45, 7) is 6.47. The molecular formula is C18H23N3. The van der Waals surface area contributed by atoms with Gasteiger partial charge in [-0.25, -0.2) is 0 Å². The van der Waals surface area contributed by atoms with Gasteiger partial charge in [0.25, 0.3) is 0 Å². The van der Waals surface area contributed by atoms with E-state index in [1.807, 2.05) is 12.3 Å². The van der Waals surface area contributed by atoms with E-state index in [2.05, 4.69) is 58.5 Å². The minimum absolute atomic E-state index is 0.256. The third-order valence-corrected chi connectivity index (χ3v) is 4.10. The number of hydrogen-bond acceptors (Lipinski definition) is 3. The van der Waals surface area contributed by atoms with Gasteiger partial charge >= 0.3 is 0 Å². The van der Waals surface area contributed by atoms with Gasteiger partial charge in [-0.05, 0) is 37.6 Å². The summed E-state index contributed by atoms with van der Waals surface area (Å²) in [7, 11) is 0. The molecule has 0 radical (unpaired) electrons. The molecule has 1 aliphatic heterocycles. The van der Waals surface area contributed by atoms with Crippen LogP contribution in [0.25, 0.3) is 0 Å². The number of nitrogens with zero attached hydrogens (tertiary/aromatic N) is 2. The van der Waals surface area contributed by atoms with Gasteiger partial charge in [-0.2, -0.15) is 0 Å². The smallest absolute Gasteiger partial charge is 0.0776 e. The molecule has 2 heterocycles. The summed E-state index contributed by atoms with van der Waals surface area (Å²) < 4.78 is 0. The number of pyridine rings is 1. The first-order valence-electron chi connectivity index (χ1n) is 7.77. The summed E-state index contributed by atoms with van der Waals surface area (Å²) in [6, 6.07) is 15.3. The molecular weight excluding hydrogens is 258 g/mol. The van der Waals surface area contributed by atoms with Crippen LogP contribution in [0.2, 0.25) is 0 Å². The van der Waals surface area contributed by atoms with Crippen LogP contribution < -0.4 is 5.32 Å². The van der Waals surface area contributed by atoms with Gasteiger partial charge in [0.15, 0.2) is 0 Å². The van der Waals surface area contributed by atoms with Crippen molar-refractivity contribution >= 4 is 0 Å². The molecule has 0 saturated carbocycles. The lowest BCUT2D eigenvalue weighted by molar-refractivity contribution is 0.237. The van der Waals surface area contributed by atoms with E-state index in [4.69, 9.17) is 0 Å². The van der Waals surface area contributed by atoms with Gasteiger partial charge < -0.3 is 5.32 Å². The summed E-state index contributed by atoms with van der Waals surface area (Å²) in [4.78, 5) is 7.17. The first kappa shape index (κ1) is 14.2. The van der Waals surface area contributed by atoms with E-state index in [0.717, 1.165) is 31.9 Å². The minimum Gasteiger partial charge on any atom is -0.315 e. The summed E-state index contributed by atoms with van der Waals surface area (Å²) in [5, 5.41) is 3.48. The van der Waals surface area contributed by atoms with Crippen molar-refractivity contribution in [2.45, 2.75) is 19.4 Å². The fraction of sp³-hybridized carbons (Fsp3) is 0.389. The number of aromatic nitrogens is 1. The van der Waals surface area contributed by atoms with E-state index in [9.17, 15) is 0 Å². The number of aryl methyl sites for hydroxylation is 1. The second-order valence-corrected chi connectivity index (χ2v) is 5.71. The van der Waals surface area contributed by atoms with Crippen molar-refractivity contribution in [1.82, 2.24) is 15.2 Å². The van der Waals surface area contributed by atoms with Gasteiger partial charge in [0.05, 0.1) is 11.7 Å². The highest BCUT2D eigenvalue weighted by Crippen LogP contribution is 2.27. The van der Waals surface area contributed by atoms with Gasteiger partial charge in [0.2, 0.25) is 0 Å². The maximum Gasteiger partial charge on any atom is 0.0776 e. The monoisotopic (exact) mass is 281 g/mol. The lowest BCUT2D eigenvalue weighted by Crippen LogP contribution is -2.33. The predicted octanol–water partition coefficient (Wildman–Crippen LogP) is 2.77. The molecule has 1 aromatic heterocycles. The molecule has 3 heteroatoms. The molecule has 1 aliphatic rings. The molecule has 21 heavy (non-hydrogen) atoms. The summed E-state index contributed by atoms with van der Waals surface area (Å²) in [5.74, 6) is 0. The second-order valence-electron chi connectivity index (χ2n) is 5.71. The zero-order valence-electron chi connectivity index (χ0n) is 12.6. The van der Waals surface area contributed by atoms with Crippen molar-refractivity contribution in [3.8, 4) is 0 Å². The number of rotatable bonds is 3. The summed E-state index contributed by atoms with van der Waals surface area (Å²) in [5.41, 5.74) is 3.78. The fourth-order valence-corrected chi connectivity index (χ4v) is 2.98. The first-order valence-corrected chi connectivity index (χ1v) is 7.77. The van der Waals surface area contributed by atoms with E-state index in [0.29, 0.717) is 0 Å². The molecule has 1 unspecified atom stereocenters. The molecule has 0 spiro atoms. The van der Waals surface area contributed by atoms with Crippen molar-refractivity contribution in [2.75, 3.05) is 26.2 Å². The Morgan fingerprint density at radius 2 is 1.90 bits per heavy atom. The quantitative estimate of drug-likeness (QED) is 0.937. The Bertz CT molecular complexity index is 542. The molecule has 1 N–H and O–H groups in total. The Hall–Kier alpha value is -1.71. The molecule has 0 aliphatic carbocycles. The van der Waals surface area contributed by atoms with Gasteiger partial charge in [-0.3, -0.25) is 9.88 Å². The van der Waals surface area contributed by atoms with E-state index < -0.39 is 0 Å². The average Bonchev–Trinajstić information content (AvgIpc) is 2.80. The second kappa shape index (κ2) is 6.83. The highest BCUT2D eigenvalue weighted by molar-refractivity contribution is 5.30. The summed E-state index contributed by atoms with van der Waals surface area (Å²) in [6.07, 6.45) is 3.09. The Labute approximate surface area is 127 Å². The highest BCUT2D eigenvalue weighted by atomic mass is 15.2. The van der Waals surface area contributed by atoms with Crippen LogP contribution in [0.5, 0.6) is 0 Å². The normalized spacial score (nSPS) is 18.1. The predicted molar refractivity (Wildman–Crippen MR) is 86.3 cm³/mol. The van der Waals surface area contributed by atoms with Crippen LogP contribution in [-0.2, 0) is 0 Å². The van der Waals surface area contributed by atoms with Crippen molar-refractivity contribution in [1.29, 1.82) is 0 Å². The molecule has 0 bridgehead atoms. The molecule has 1 fully saturated rings. The average molecular weight is 281 g/mol. The van der Waals surface area contributed by atoms with Crippen LogP contribution >= 0.6 is 0 Å². The van der Waals surface area contributed by atoms with Crippen LogP contribution in [0.3, 0.4) is 0 Å². The third kappa shape index (κ3) is 3.49. The van der Waals surface area contributed by atoms with Gasteiger partial charge in [-0.15, -0.1) is 0 Å². The zero-order valence-corrected chi connectivity index (χ0v) is 12.6. The molecule has 2 aromatic rings. The van der Waals surface area contributed by atoms with Gasteiger partial charge in [-0.1, -0.05) is 35.9 Å². The van der Waals surface area contributed by atoms with E-state index in [1.165, 1.54) is 17.5 Å². The van der Waals surface area contributed by atoms with E-state index >= 15 is 0 Å². The van der Waals surface area contributed by atoms with Crippen LogP contribution in [0.1, 0.15) is 29.3 Å². The van der Waals surface area contributed by atoms with Gasteiger partial charge in [0.1, 0.15) is 0 Å². The third-order valence-electron chi connectivity index (χ3n) is 4.10. The molecule has 1 atom stereocenters. The van der Waals surface area contributed by atoms with Crippen LogP contribution in [-0.4, -0.2) is 36.1 Å². The highest BCUT2D eigenvalue weighted by Gasteiger charge is 2.23. The topological polar surface area (TPSA) is 28.2 Å². The maximum absolute atomic E-state index is 4.62. The molecule has 0 amide bonds. The lowest BCUT2D eigenvalue weighted by atomic mass is 9.99. The lowest BCUT2D eigenvalue weighted by Gasteiger charge is -2.30. The van der Waals surface area contributed by atoms with Crippen LogP contribution in [0.4, 0.5) is 0 Å². The minimum atomic E-state index is 0.256. The molecule has 110 valence electrons. The summed E-state index contributed by atoms with van der Waals surface area (Å²) >= 11 is 0. The molecule has 1 aromatic carbocycles. The van der Waals surface area contributed by atoms with Crippen LogP contribution in [0, 0.1) is 6.92 Å². The number of benzene rings is 1. The SMILES string of the molecule is Cc1ccc(C(c2ccccn2)N2CCCNCC2)cc1. The van der Waals surface area contributed by atoms with E-state index in [-0.39, 0.29) is 6.04 Å². The van der Waals surface area contributed by atoms with Crippen molar-refractivity contribution < 1.29 is 0 Å². The largest absolute Gasteiger partial charge is 0.315 e. The Kier molecular flexibility index (Phi) is 4.63. The van der Waals surface area contributed by atoms with E-state index in [1.54, 1.807) is 0 Å². The zero-order chi connectivity index (χ0) is 14.5. The Morgan fingerprint density at radius 3 is 2.67 bits per heavy atom. The molecule has 3 rings (SSSR count). The first-order chi connectivity index (χ1) is 10.3. The Morgan fingerprint density at radius 1 is 1.05 bits per heavy atom. The van der Waals surface area contributed by atoms with Crippen molar-refractivity contribution in [3.63, 3.8) is 0 Å². The molecule has 1 saturated heterocycles. The van der Waals surface area contributed by atoms with Gasteiger partial charge in [0, 0.05) is 25.8 Å². The van der Waals surface area contributed by atoms with Crippen molar-refractivity contribution in [3.05, 3.63) is 65.5 Å². The standard InChI is InChI=1S/C18H23N3/c1-15-6-8-16(9-7-15)18(17-5-2-3-11-20-17)21-13-4-10-19-12-14-21/h2-3,5-9,11,18-19H,4,10,12-14H2,1H3. The number of nitrogens with one attached hydrogen (secondary N) is 1. The van der Waals surface area contributed by atoms with Crippen LogP contribution in [0.15, 0.2) is 48.7 Å². The molecule has 3 nitrogen and oxygen atoms in total.